The second-order valence-electron chi connectivity index (χ2n) is 4.69. The second kappa shape index (κ2) is 5.81. The minimum Gasteiger partial charge on any atom is -0.392 e. The van der Waals surface area contributed by atoms with Crippen LogP contribution in [0.15, 0.2) is 40.9 Å². The predicted octanol–water partition coefficient (Wildman–Crippen LogP) is 2.96. The minimum atomic E-state index is -0.614. The first-order valence-corrected chi connectivity index (χ1v) is 7.02. The maximum Gasteiger partial charge on any atom is 0.102 e. The van der Waals surface area contributed by atoms with Crippen molar-refractivity contribution in [1.29, 1.82) is 15.9 Å². The minimum absolute atomic E-state index is 0.0460. The number of hydrogen-bond acceptors (Lipinski definition) is 5. The molecule has 0 fully saturated rings. The number of nitriles is 2. The van der Waals surface area contributed by atoms with Gasteiger partial charge in [0.05, 0.1) is 27.8 Å². The van der Waals surface area contributed by atoms with Crippen LogP contribution in [0.4, 0.5) is 0 Å². The molecule has 1 aromatic rings. The molecule has 0 radical (unpaired) electrons. The molecule has 1 aliphatic heterocycles. The van der Waals surface area contributed by atoms with Crippen molar-refractivity contribution in [1.82, 2.24) is 0 Å². The normalized spacial score (nSPS) is 23.9. The van der Waals surface area contributed by atoms with Gasteiger partial charge in [0.15, 0.2) is 0 Å². The van der Waals surface area contributed by atoms with Gasteiger partial charge in [0.2, 0.25) is 0 Å². The van der Waals surface area contributed by atoms with E-state index in [1.54, 1.807) is 0 Å². The molecule has 1 aromatic carbocycles. The van der Waals surface area contributed by atoms with Crippen molar-refractivity contribution < 1.29 is 0 Å². The second-order valence-corrected chi connectivity index (χ2v) is 5.77. The maximum atomic E-state index is 9.35. The third-order valence-electron chi connectivity index (χ3n) is 3.58. The SMILES string of the molecule is C[C@H](c1ccccc1)[C@H]1C(C#N)=C(N)SC(=N)[C@H]1C#N. The lowest BCUT2D eigenvalue weighted by Crippen LogP contribution is -2.31. The van der Waals surface area contributed by atoms with Gasteiger partial charge < -0.3 is 5.73 Å². The van der Waals surface area contributed by atoms with Crippen LogP contribution in [0, 0.1) is 39.9 Å². The highest BCUT2D eigenvalue weighted by molar-refractivity contribution is 8.17. The molecule has 4 nitrogen and oxygen atoms in total. The Bertz CT molecular complexity index is 636. The van der Waals surface area contributed by atoms with Crippen LogP contribution in [0.2, 0.25) is 0 Å². The first-order chi connectivity index (χ1) is 9.60. The zero-order chi connectivity index (χ0) is 14.7. The van der Waals surface area contributed by atoms with Crippen LogP contribution in [0.5, 0.6) is 0 Å². The molecule has 0 spiro atoms. The van der Waals surface area contributed by atoms with Gasteiger partial charge in [-0.15, -0.1) is 0 Å². The van der Waals surface area contributed by atoms with E-state index in [-0.39, 0.29) is 16.9 Å². The molecule has 0 aliphatic carbocycles. The summed E-state index contributed by atoms with van der Waals surface area (Å²) in [6.07, 6.45) is 0. The third kappa shape index (κ3) is 2.41. The lowest BCUT2D eigenvalue weighted by atomic mass is 9.75. The molecule has 1 heterocycles. The summed E-state index contributed by atoms with van der Waals surface area (Å²) in [5, 5.41) is 27.2. The van der Waals surface area contributed by atoms with Crippen LogP contribution in [-0.4, -0.2) is 5.04 Å². The van der Waals surface area contributed by atoms with Crippen molar-refractivity contribution in [3.05, 3.63) is 46.5 Å². The lowest BCUT2D eigenvalue weighted by molar-refractivity contribution is 0.480. The van der Waals surface area contributed by atoms with Crippen molar-refractivity contribution in [2.24, 2.45) is 17.6 Å². The van der Waals surface area contributed by atoms with Crippen LogP contribution in [0.3, 0.4) is 0 Å². The molecule has 2 rings (SSSR count). The maximum absolute atomic E-state index is 9.35. The summed E-state index contributed by atoms with van der Waals surface area (Å²) in [5.74, 6) is -1.02. The largest absolute Gasteiger partial charge is 0.392 e. The van der Waals surface area contributed by atoms with E-state index in [9.17, 15) is 10.5 Å². The van der Waals surface area contributed by atoms with Crippen LogP contribution in [0.1, 0.15) is 18.4 Å². The number of nitrogens with one attached hydrogen (secondary N) is 1. The van der Waals surface area contributed by atoms with Crippen LogP contribution in [0.25, 0.3) is 0 Å². The lowest BCUT2D eigenvalue weighted by Gasteiger charge is -2.32. The Hall–Kier alpha value is -2.24. The average molecular weight is 282 g/mol. The first kappa shape index (κ1) is 14.2. The number of benzene rings is 1. The molecule has 0 saturated carbocycles. The van der Waals surface area contributed by atoms with Crippen LogP contribution in [-0.2, 0) is 0 Å². The fourth-order valence-electron chi connectivity index (χ4n) is 2.50. The van der Waals surface area contributed by atoms with E-state index in [0.29, 0.717) is 10.6 Å². The molecule has 0 saturated heterocycles. The molecule has 20 heavy (non-hydrogen) atoms. The van der Waals surface area contributed by atoms with Gasteiger partial charge in [-0.25, -0.2) is 0 Å². The Balaban J connectivity index is 2.50. The third-order valence-corrected chi connectivity index (χ3v) is 4.50. The highest BCUT2D eigenvalue weighted by atomic mass is 32.2. The summed E-state index contributed by atoms with van der Waals surface area (Å²) in [4.78, 5) is 0. The van der Waals surface area contributed by atoms with Crippen molar-refractivity contribution in [3.63, 3.8) is 0 Å². The molecule has 5 heteroatoms. The fourth-order valence-corrected chi connectivity index (χ4v) is 3.36. The number of rotatable bonds is 2. The Labute approximate surface area is 122 Å². The van der Waals surface area contributed by atoms with Gasteiger partial charge in [0, 0.05) is 5.92 Å². The number of allylic oxidation sites excluding steroid dienone is 1. The van der Waals surface area contributed by atoms with Gasteiger partial charge in [-0.3, -0.25) is 5.41 Å². The monoisotopic (exact) mass is 282 g/mol. The van der Waals surface area contributed by atoms with Crippen molar-refractivity contribution >= 4 is 16.8 Å². The number of hydrogen-bond donors (Lipinski definition) is 2. The topological polar surface area (TPSA) is 97.4 Å². The summed E-state index contributed by atoms with van der Waals surface area (Å²) in [6, 6.07) is 14.0. The molecule has 100 valence electrons. The fraction of sp³-hybridized carbons (Fsp3) is 0.267. The summed E-state index contributed by atoms with van der Waals surface area (Å²) < 4.78 is 0. The van der Waals surface area contributed by atoms with Crippen LogP contribution < -0.4 is 5.73 Å². The van der Waals surface area contributed by atoms with Gasteiger partial charge in [0.25, 0.3) is 0 Å². The molecular weight excluding hydrogens is 268 g/mol. The molecule has 0 amide bonds. The first-order valence-electron chi connectivity index (χ1n) is 6.20. The quantitative estimate of drug-likeness (QED) is 0.871. The van der Waals surface area contributed by atoms with Gasteiger partial charge in [-0.1, -0.05) is 49.0 Å². The zero-order valence-electron chi connectivity index (χ0n) is 11.0. The summed E-state index contributed by atoms with van der Waals surface area (Å²) in [6.45, 7) is 1.97. The van der Waals surface area contributed by atoms with Gasteiger partial charge in [-0.2, -0.15) is 10.5 Å². The van der Waals surface area contributed by atoms with Gasteiger partial charge >= 0.3 is 0 Å². The van der Waals surface area contributed by atoms with Gasteiger partial charge in [-0.05, 0) is 11.5 Å². The Kier molecular flexibility index (Phi) is 4.12. The van der Waals surface area contributed by atoms with E-state index >= 15 is 0 Å². The highest BCUT2D eigenvalue weighted by Crippen LogP contribution is 2.43. The van der Waals surface area contributed by atoms with Crippen molar-refractivity contribution in [2.45, 2.75) is 12.8 Å². The smallest absolute Gasteiger partial charge is 0.102 e. The molecule has 0 bridgehead atoms. The highest BCUT2D eigenvalue weighted by Gasteiger charge is 2.39. The van der Waals surface area contributed by atoms with Crippen molar-refractivity contribution in [2.75, 3.05) is 0 Å². The van der Waals surface area contributed by atoms with E-state index < -0.39 is 5.92 Å². The molecule has 0 aromatic heterocycles. The zero-order valence-corrected chi connectivity index (χ0v) is 11.8. The Morgan fingerprint density at radius 3 is 2.50 bits per heavy atom. The van der Waals surface area contributed by atoms with Crippen LogP contribution >= 0.6 is 11.8 Å². The van der Waals surface area contributed by atoms with Crippen molar-refractivity contribution in [3.8, 4) is 12.1 Å². The van der Waals surface area contributed by atoms with E-state index in [1.165, 1.54) is 0 Å². The van der Waals surface area contributed by atoms with E-state index in [0.717, 1.165) is 17.3 Å². The molecule has 1 aliphatic rings. The van der Waals surface area contributed by atoms with E-state index in [1.807, 2.05) is 37.3 Å². The molecule has 0 unspecified atom stereocenters. The Morgan fingerprint density at radius 2 is 1.95 bits per heavy atom. The van der Waals surface area contributed by atoms with E-state index in [4.69, 9.17) is 11.1 Å². The summed E-state index contributed by atoms with van der Waals surface area (Å²) in [7, 11) is 0. The summed E-state index contributed by atoms with van der Waals surface area (Å²) in [5.41, 5.74) is 7.34. The molecule has 3 N–H and O–H groups in total. The number of nitrogens with zero attached hydrogens (tertiary/aromatic N) is 2. The molecule has 3 atom stereocenters. The summed E-state index contributed by atoms with van der Waals surface area (Å²) >= 11 is 1.02. The Morgan fingerprint density at radius 1 is 1.30 bits per heavy atom. The molecular formula is C15H14N4S. The average Bonchev–Trinajstić information content (AvgIpc) is 2.46. The van der Waals surface area contributed by atoms with Gasteiger partial charge in [0.1, 0.15) is 5.92 Å². The van der Waals surface area contributed by atoms with E-state index in [2.05, 4.69) is 12.1 Å². The number of thioether (sulfide) groups is 1. The standard InChI is InChI=1S/C15H14N4S/c1-9(10-5-3-2-4-6-10)13-11(7-16)14(18)20-15(19)12(13)8-17/h2-6,9,11,13,18H,19H2,1H3/t9-,11+,13-/m1/s1. The number of nitrogens with two attached hydrogens (primary N) is 1. The predicted molar refractivity (Wildman–Crippen MR) is 79.6 cm³/mol.